The molecule has 0 radical (unpaired) electrons. The fourth-order valence-electron chi connectivity index (χ4n) is 1.43. The molecule has 0 fully saturated rings. The van der Waals surface area contributed by atoms with Gasteiger partial charge in [-0.2, -0.15) is 5.10 Å². The summed E-state index contributed by atoms with van der Waals surface area (Å²) in [5, 5.41) is 6.80. The van der Waals surface area contributed by atoms with Gasteiger partial charge in [-0.15, -0.1) is 0 Å². The number of nitrogens with two attached hydrogens (primary N) is 1. The van der Waals surface area contributed by atoms with E-state index >= 15 is 0 Å². The summed E-state index contributed by atoms with van der Waals surface area (Å²) >= 11 is 0. The van der Waals surface area contributed by atoms with Crippen LogP contribution in [-0.4, -0.2) is 27.2 Å². The normalized spacial score (nSPS) is 10.1. The highest BCUT2D eigenvalue weighted by Crippen LogP contribution is 2.07. The number of hydrogen-bond acceptors (Lipinski definition) is 4. The van der Waals surface area contributed by atoms with Gasteiger partial charge in [-0.25, -0.2) is 0 Å². The van der Waals surface area contributed by atoms with Crippen LogP contribution in [-0.2, 0) is 6.54 Å². The summed E-state index contributed by atoms with van der Waals surface area (Å²) in [4.78, 5) is 15.6. The van der Waals surface area contributed by atoms with Crippen LogP contribution in [0, 0.1) is 0 Å². The second kappa shape index (κ2) is 5.11. The smallest absolute Gasteiger partial charge is 0.253 e. The van der Waals surface area contributed by atoms with Gasteiger partial charge < -0.3 is 11.1 Å². The number of carbonyl (C=O) groups is 1. The lowest BCUT2D eigenvalue weighted by molar-refractivity contribution is 0.0952. The number of hydrogen-bond donors (Lipinski definition) is 2. The average Bonchev–Trinajstić information content (AvgIpc) is 2.82. The standard InChI is InChI=1S/C11H13N5O/c12-10-8-13-4-2-9(10)11(17)14-5-7-16-6-1-3-15-16/h1-4,6,8H,5,7,12H2,(H,14,17). The zero-order chi connectivity index (χ0) is 12.1. The number of rotatable bonds is 4. The summed E-state index contributed by atoms with van der Waals surface area (Å²) < 4.78 is 1.75. The molecule has 0 aliphatic rings. The molecule has 0 atom stereocenters. The molecular formula is C11H13N5O. The van der Waals surface area contributed by atoms with E-state index in [-0.39, 0.29) is 5.91 Å². The van der Waals surface area contributed by atoms with Gasteiger partial charge in [0, 0.05) is 25.1 Å². The van der Waals surface area contributed by atoms with Gasteiger partial charge in [0.05, 0.1) is 24.0 Å². The van der Waals surface area contributed by atoms with Crippen LogP contribution < -0.4 is 11.1 Å². The zero-order valence-corrected chi connectivity index (χ0v) is 9.21. The lowest BCUT2D eigenvalue weighted by Gasteiger charge is -2.06. The lowest BCUT2D eigenvalue weighted by atomic mass is 10.2. The highest BCUT2D eigenvalue weighted by atomic mass is 16.1. The fourth-order valence-corrected chi connectivity index (χ4v) is 1.43. The van der Waals surface area contributed by atoms with E-state index in [0.717, 1.165) is 0 Å². The molecule has 0 aliphatic heterocycles. The Bertz CT molecular complexity index is 494. The molecule has 0 aromatic carbocycles. The molecule has 6 nitrogen and oxygen atoms in total. The first-order valence-corrected chi connectivity index (χ1v) is 5.22. The molecule has 3 N–H and O–H groups in total. The second-order valence-electron chi connectivity index (χ2n) is 3.49. The van der Waals surface area contributed by atoms with Gasteiger partial charge in [0.1, 0.15) is 0 Å². The van der Waals surface area contributed by atoms with Gasteiger partial charge >= 0.3 is 0 Å². The topological polar surface area (TPSA) is 85.8 Å². The number of aromatic nitrogens is 3. The highest BCUT2D eigenvalue weighted by molar-refractivity contribution is 5.98. The van der Waals surface area contributed by atoms with Crippen molar-refractivity contribution in [1.29, 1.82) is 0 Å². The highest BCUT2D eigenvalue weighted by Gasteiger charge is 2.07. The van der Waals surface area contributed by atoms with Crippen molar-refractivity contribution in [1.82, 2.24) is 20.1 Å². The van der Waals surface area contributed by atoms with Gasteiger partial charge in [-0.05, 0) is 12.1 Å². The molecule has 2 aromatic rings. The van der Waals surface area contributed by atoms with Crippen LogP contribution in [0.5, 0.6) is 0 Å². The maximum absolute atomic E-state index is 11.7. The summed E-state index contributed by atoms with van der Waals surface area (Å²) in [7, 11) is 0. The van der Waals surface area contributed by atoms with Crippen molar-refractivity contribution in [3.8, 4) is 0 Å². The van der Waals surface area contributed by atoms with Crippen LogP contribution in [0.4, 0.5) is 5.69 Å². The largest absolute Gasteiger partial charge is 0.397 e. The van der Waals surface area contributed by atoms with Crippen molar-refractivity contribution in [3.05, 3.63) is 42.5 Å². The van der Waals surface area contributed by atoms with Gasteiger partial charge in [0.2, 0.25) is 0 Å². The van der Waals surface area contributed by atoms with E-state index in [1.165, 1.54) is 6.20 Å². The van der Waals surface area contributed by atoms with Gasteiger partial charge in [-0.1, -0.05) is 0 Å². The first-order valence-electron chi connectivity index (χ1n) is 5.22. The SMILES string of the molecule is Nc1cnccc1C(=O)NCCn1cccn1. The van der Waals surface area contributed by atoms with Crippen molar-refractivity contribution in [2.24, 2.45) is 0 Å². The van der Waals surface area contributed by atoms with Crippen molar-refractivity contribution < 1.29 is 4.79 Å². The number of nitrogens with zero attached hydrogens (tertiary/aromatic N) is 3. The van der Waals surface area contributed by atoms with E-state index in [9.17, 15) is 4.79 Å². The summed E-state index contributed by atoms with van der Waals surface area (Å²) in [5.74, 6) is -0.197. The molecule has 2 rings (SSSR count). The minimum atomic E-state index is -0.197. The Kier molecular flexibility index (Phi) is 3.34. The Morgan fingerprint density at radius 2 is 2.35 bits per heavy atom. The first-order chi connectivity index (χ1) is 8.27. The number of amides is 1. The maximum atomic E-state index is 11.7. The van der Waals surface area contributed by atoms with Crippen LogP contribution in [0.3, 0.4) is 0 Å². The van der Waals surface area contributed by atoms with Crippen LogP contribution in [0.15, 0.2) is 36.9 Å². The van der Waals surface area contributed by atoms with Crippen molar-refractivity contribution in [2.45, 2.75) is 6.54 Å². The number of anilines is 1. The number of nitrogens with one attached hydrogen (secondary N) is 1. The molecule has 6 heteroatoms. The van der Waals surface area contributed by atoms with Crippen LogP contribution in [0.2, 0.25) is 0 Å². The number of carbonyl (C=O) groups excluding carboxylic acids is 1. The average molecular weight is 231 g/mol. The van der Waals surface area contributed by atoms with Gasteiger partial charge in [0.15, 0.2) is 0 Å². The van der Waals surface area contributed by atoms with Crippen molar-refractivity contribution in [2.75, 3.05) is 12.3 Å². The first kappa shape index (κ1) is 11.1. The molecule has 0 saturated heterocycles. The fraction of sp³-hybridized carbons (Fsp3) is 0.182. The van der Waals surface area contributed by atoms with E-state index < -0.39 is 0 Å². The summed E-state index contributed by atoms with van der Waals surface area (Å²) in [6, 6.07) is 3.43. The molecule has 2 heterocycles. The summed E-state index contributed by atoms with van der Waals surface area (Å²) in [5.41, 5.74) is 6.47. The second-order valence-corrected chi connectivity index (χ2v) is 3.49. The molecule has 0 unspecified atom stereocenters. The maximum Gasteiger partial charge on any atom is 0.253 e. The molecule has 1 amide bonds. The summed E-state index contributed by atoms with van der Waals surface area (Å²) in [6.45, 7) is 1.13. The van der Waals surface area contributed by atoms with E-state index in [4.69, 9.17) is 5.73 Å². The van der Waals surface area contributed by atoms with Crippen LogP contribution >= 0.6 is 0 Å². The predicted octanol–water partition coefficient (Wildman–Crippen LogP) is 0.290. The summed E-state index contributed by atoms with van der Waals surface area (Å²) in [6.07, 6.45) is 6.54. The van der Waals surface area contributed by atoms with E-state index in [1.807, 2.05) is 12.3 Å². The van der Waals surface area contributed by atoms with Crippen molar-refractivity contribution in [3.63, 3.8) is 0 Å². The monoisotopic (exact) mass is 231 g/mol. The Balaban J connectivity index is 1.88. The molecule has 0 saturated carbocycles. The quantitative estimate of drug-likeness (QED) is 0.792. The molecular weight excluding hydrogens is 218 g/mol. The van der Waals surface area contributed by atoms with E-state index in [1.54, 1.807) is 23.1 Å². The Hall–Kier alpha value is -2.37. The molecule has 2 aromatic heterocycles. The lowest BCUT2D eigenvalue weighted by Crippen LogP contribution is -2.28. The number of pyridine rings is 1. The third kappa shape index (κ3) is 2.81. The van der Waals surface area contributed by atoms with E-state index in [0.29, 0.717) is 24.3 Å². The minimum absolute atomic E-state index is 0.197. The number of nitrogen functional groups attached to an aromatic ring is 1. The molecule has 17 heavy (non-hydrogen) atoms. The van der Waals surface area contributed by atoms with E-state index in [2.05, 4.69) is 15.4 Å². The Morgan fingerprint density at radius 1 is 1.47 bits per heavy atom. The van der Waals surface area contributed by atoms with Crippen LogP contribution in [0.1, 0.15) is 10.4 Å². The third-order valence-corrected chi connectivity index (χ3v) is 2.28. The van der Waals surface area contributed by atoms with Crippen molar-refractivity contribution >= 4 is 11.6 Å². The van der Waals surface area contributed by atoms with Gasteiger partial charge in [-0.3, -0.25) is 14.5 Å². The minimum Gasteiger partial charge on any atom is -0.397 e. The van der Waals surface area contributed by atoms with Crippen LogP contribution in [0.25, 0.3) is 0 Å². The molecule has 0 spiro atoms. The Labute approximate surface area is 98.5 Å². The molecule has 0 aliphatic carbocycles. The van der Waals surface area contributed by atoms with Gasteiger partial charge in [0.25, 0.3) is 5.91 Å². The molecule has 88 valence electrons. The predicted molar refractivity (Wildman–Crippen MR) is 63.2 cm³/mol. The zero-order valence-electron chi connectivity index (χ0n) is 9.21. The molecule has 0 bridgehead atoms. The third-order valence-electron chi connectivity index (χ3n) is 2.28. The Morgan fingerprint density at radius 3 is 3.06 bits per heavy atom.